The third-order valence-electron chi connectivity index (χ3n) is 6.84. The van der Waals surface area contributed by atoms with Crippen LogP contribution in [0, 0.1) is 12.8 Å². The number of nitrogens with one attached hydrogen (secondary N) is 2. The fourth-order valence-corrected chi connectivity index (χ4v) is 5.02. The molecular weight excluding hydrogens is 390 g/mol. The second-order valence-corrected chi connectivity index (χ2v) is 9.12. The van der Waals surface area contributed by atoms with E-state index in [2.05, 4.69) is 17.6 Å². The first kappa shape index (κ1) is 21.5. The van der Waals surface area contributed by atoms with Gasteiger partial charge in [-0.3, -0.25) is 24.7 Å². The number of aromatic nitrogens is 1. The van der Waals surface area contributed by atoms with Crippen LogP contribution in [0.15, 0.2) is 24.3 Å². The second kappa shape index (κ2) is 9.16. The van der Waals surface area contributed by atoms with E-state index in [1.54, 1.807) is 0 Å². The topological polar surface area (TPSA) is 88.2 Å². The molecule has 2 atom stereocenters. The predicted molar refractivity (Wildman–Crippen MR) is 119 cm³/mol. The summed E-state index contributed by atoms with van der Waals surface area (Å²) >= 11 is 0. The zero-order valence-electron chi connectivity index (χ0n) is 18.4. The lowest BCUT2D eigenvalue weighted by Crippen LogP contribution is -2.39. The molecule has 164 valence electrons. The molecule has 1 saturated carbocycles. The molecule has 0 radical (unpaired) electrons. The lowest BCUT2D eigenvalue weighted by Gasteiger charge is -2.28. The van der Waals surface area contributed by atoms with Crippen molar-refractivity contribution in [2.75, 3.05) is 0 Å². The van der Waals surface area contributed by atoms with Gasteiger partial charge in [0, 0.05) is 23.5 Å². The van der Waals surface area contributed by atoms with Crippen molar-refractivity contribution in [1.82, 2.24) is 15.6 Å². The van der Waals surface area contributed by atoms with Crippen LogP contribution < -0.4 is 10.6 Å². The van der Waals surface area contributed by atoms with Crippen molar-refractivity contribution in [1.29, 1.82) is 0 Å². The quantitative estimate of drug-likeness (QED) is 0.721. The summed E-state index contributed by atoms with van der Waals surface area (Å²) in [6.45, 7) is 4.01. The Labute approximate surface area is 183 Å². The molecule has 31 heavy (non-hydrogen) atoms. The smallest absolute Gasteiger partial charge is 0.234 e. The minimum atomic E-state index is -0.346. The first-order chi connectivity index (χ1) is 14.9. The van der Waals surface area contributed by atoms with Gasteiger partial charge in [0.15, 0.2) is 0 Å². The van der Waals surface area contributed by atoms with Crippen LogP contribution in [-0.4, -0.2) is 28.7 Å². The number of benzene rings is 1. The Kier molecular flexibility index (Phi) is 6.35. The lowest BCUT2D eigenvalue weighted by atomic mass is 9.84. The molecule has 6 heteroatoms. The van der Waals surface area contributed by atoms with Crippen molar-refractivity contribution >= 4 is 28.6 Å². The van der Waals surface area contributed by atoms with E-state index >= 15 is 0 Å². The molecule has 1 aliphatic heterocycles. The Morgan fingerprint density at radius 2 is 1.94 bits per heavy atom. The molecule has 1 aliphatic carbocycles. The molecule has 2 heterocycles. The second-order valence-electron chi connectivity index (χ2n) is 9.12. The molecule has 1 aromatic heterocycles. The number of fused-ring (bicyclic) bond motifs is 1. The average Bonchev–Trinajstić information content (AvgIpc) is 2.74. The van der Waals surface area contributed by atoms with Crippen LogP contribution in [0.3, 0.4) is 0 Å². The van der Waals surface area contributed by atoms with E-state index in [0.29, 0.717) is 25.2 Å². The minimum absolute atomic E-state index is 0.0503. The van der Waals surface area contributed by atoms with Gasteiger partial charge >= 0.3 is 0 Å². The van der Waals surface area contributed by atoms with Gasteiger partial charge in [-0.05, 0) is 62.3 Å². The van der Waals surface area contributed by atoms with Crippen molar-refractivity contribution in [3.63, 3.8) is 0 Å². The highest BCUT2D eigenvalue weighted by Gasteiger charge is 2.29. The van der Waals surface area contributed by atoms with Gasteiger partial charge in [-0.15, -0.1) is 0 Å². The average molecular weight is 422 g/mol. The Morgan fingerprint density at radius 3 is 2.68 bits per heavy atom. The third kappa shape index (κ3) is 4.94. The van der Waals surface area contributed by atoms with Crippen molar-refractivity contribution in [2.45, 2.75) is 77.2 Å². The fourth-order valence-electron chi connectivity index (χ4n) is 5.02. The van der Waals surface area contributed by atoms with Gasteiger partial charge in [0.2, 0.25) is 17.7 Å². The Bertz CT molecular complexity index is 1010. The van der Waals surface area contributed by atoms with Crippen LogP contribution in [0.4, 0.5) is 0 Å². The van der Waals surface area contributed by atoms with E-state index in [-0.39, 0.29) is 29.7 Å². The molecule has 6 nitrogen and oxygen atoms in total. The van der Waals surface area contributed by atoms with E-state index in [1.165, 1.54) is 32.1 Å². The molecule has 1 saturated heterocycles. The van der Waals surface area contributed by atoms with E-state index in [4.69, 9.17) is 4.98 Å². The van der Waals surface area contributed by atoms with E-state index in [0.717, 1.165) is 27.7 Å². The highest BCUT2D eigenvalue weighted by Crippen LogP contribution is 2.30. The van der Waals surface area contributed by atoms with E-state index in [1.807, 2.05) is 31.2 Å². The summed E-state index contributed by atoms with van der Waals surface area (Å²) in [5, 5.41) is 6.54. The van der Waals surface area contributed by atoms with Crippen LogP contribution in [0.5, 0.6) is 0 Å². The Balaban J connectivity index is 1.46. The maximum Gasteiger partial charge on any atom is 0.234 e. The summed E-state index contributed by atoms with van der Waals surface area (Å²) in [4.78, 5) is 41.0. The predicted octanol–water partition coefficient (Wildman–Crippen LogP) is 3.69. The molecule has 0 bridgehead atoms. The van der Waals surface area contributed by atoms with Gasteiger partial charge in [-0.1, -0.05) is 31.4 Å². The highest BCUT2D eigenvalue weighted by molar-refractivity contribution is 6.01. The summed E-state index contributed by atoms with van der Waals surface area (Å²) < 4.78 is 0. The van der Waals surface area contributed by atoms with Gasteiger partial charge in [0.05, 0.1) is 17.9 Å². The van der Waals surface area contributed by atoms with E-state index < -0.39 is 0 Å². The zero-order chi connectivity index (χ0) is 22.0. The van der Waals surface area contributed by atoms with Crippen LogP contribution >= 0.6 is 0 Å². The molecule has 2 aromatic rings. The van der Waals surface area contributed by atoms with Crippen molar-refractivity contribution in [3.8, 4) is 0 Å². The van der Waals surface area contributed by atoms with Crippen molar-refractivity contribution in [3.05, 3.63) is 41.1 Å². The van der Waals surface area contributed by atoms with Crippen LogP contribution in [0.1, 0.15) is 74.6 Å². The number of carbonyl (C=O) groups excluding carboxylic acids is 3. The minimum Gasteiger partial charge on any atom is -0.353 e. The molecule has 0 spiro atoms. The maximum absolute atomic E-state index is 12.6. The number of amides is 3. The Hall–Kier alpha value is -2.76. The molecule has 2 aliphatic rings. The number of hydrogen-bond acceptors (Lipinski definition) is 4. The summed E-state index contributed by atoms with van der Waals surface area (Å²) in [6.07, 6.45) is 7.45. The summed E-state index contributed by atoms with van der Waals surface area (Å²) in [6, 6.07) is 8.08. The monoisotopic (exact) mass is 421 g/mol. The molecule has 1 unspecified atom stereocenters. The normalized spacial score (nSPS) is 21.0. The molecule has 1 aromatic carbocycles. The van der Waals surface area contributed by atoms with E-state index in [9.17, 15) is 14.4 Å². The molecule has 2 fully saturated rings. The number of imide groups is 1. The first-order valence-corrected chi connectivity index (χ1v) is 11.4. The SMILES string of the molecule is Cc1nc2cc(CC(=O)N[C@@H](C)C3CCCCC3)ccc2cc1C1CCC(=O)NC1=O. The number of rotatable bonds is 5. The summed E-state index contributed by atoms with van der Waals surface area (Å²) in [7, 11) is 0. The largest absolute Gasteiger partial charge is 0.353 e. The van der Waals surface area contributed by atoms with Crippen molar-refractivity contribution in [2.24, 2.45) is 5.92 Å². The highest BCUT2D eigenvalue weighted by atomic mass is 16.2. The number of nitrogens with zero attached hydrogens (tertiary/aromatic N) is 1. The summed E-state index contributed by atoms with van der Waals surface area (Å²) in [5.74, 6) is -0.172. The first-order valence-electron chi connectivity index (χ1n) is 11.4. The van der Waals surface area contributed by atoms with Crippen molar-refractivity contribution < 1.29 is 14.4 Å². The number of aryl methyl sites for hydroxylation is 1. The van der Waals surface area contributed by atoms with Gasteiger partial charge in [0.1, 0.15) is 0 Å². The standard InChI is InChI=1S/C25H31N3O3/c1-15(18-6-4-3-5-7-18)27-24(30)13-17-8-9-19-14-21(16(2)26-22(19)12-17)20-10-11-23(29)28-25(20)31/h8-9,12,14-15,18,20H,3-7,10-11,13H2,1-2H3,(H,27,30)(H,28,29,31)/t15-,20?/m0/s1. The van der Waals surface area contributed by atoms with Gasteiger partial charge in [-0.2, -0.15) is 0 Å². The molecule has 3 amide bonds. The van der Waals surface area contributed by atoms with Gasteiger partial charge in [-0.25, -0.2) is 0 Å². The van der Waals surface area contributed by atoms with Crippen LogP contribution in [0.2, 0.25) is 0 Å². The maximum atomic E-state index is 12.6. The molecule has 2 N–H and O–H groups in total. The van der Waals surface area contributed by atoms with Gasteiger partial charge in [0.25, 0.3) is 0 Å². The number of piperidine rings is 1. The number of pyridine rings is 1. The van der Waals surface area contributed by atoms with Crippen LogP contribution in [0.25, 0.3) is 10.9 Å². The molecule has 4 rings (SSSR count). The van der Waals surface area contributed by atoms with Crippen LogP contribution in [-0.2, 0) is 20.8 Å². The number of carbonyl (C=O) groups is 3. The Morgan fingerprint density at radius 1 is 1.16 bits per heavy atom. The summed E-state index contributed by atoms with van der Waals surface area (Å²) in [5.41, 5.74) is 3.40. The third-order valence-corrected chi connectivity index (χ3v) is 6.84. The number of hydrogen-bond donors (Lipinski definition) is 2. The van der Waals surface area contributed by atoms with Gasteiger partial charge < -0.3 is 5.32 Å². The zero-order valence-corrected chi connectivity index (χ0v) is 18.4. The lowest BCUT2D eigenvalue weighted by molar-refractivity contribution is -0.134. The molecular formula is C25H31N3O3. The fraction of sp³-hybridized carbons (Fsp3) is 0.520.